The number of fused-ring (bicyclic) bond motifs is 1. The zero-order chi connectivity index (χ0) is 11.8. The Labute approximate surface area is 88.8 Å². The van der Waals surface area contributed by atoms with Crippen molar-refractivity contribution in [2.75, 3.05) is 6.79 Å². The summed E-state index contributed by atoms with van der Waals surface area (Å²) in [5.74, 6) is -1.51. The Balaban J connectivity index is 2.36. The normalized spacial score (nSPS) is 15.9. The number of rotatable bonds is 2. The van der Waals surface area contributed by atoms with Crippen LogP contribution in [-0.2, 0) is 4.79 Å². The molecule has 0 fully saturated rings. The average molecular weight is 232 g/mol. The molecule has 0 bridgehead atoms. The Morgan fingerprint density at radius 2 is 1.94 bits per heavy atom. The quantitative estimate of drug-likeness (QED) is 0.733. The maximum atomic E-state index is 12.5. The van der Waals surface area contributed by atoms with E-state index in [1.807, 2.05) is 0 Å². The lowest BCUT2D eigenvalue weighted by atomic mass is 10.00. The van der Waals surface area contributed by atoms with Crippen LogP contribution in [0.1, 0.15) is 11.5 Å². The number of hydrogen-bond acceptors (Lipinski definition) is 3. The first-order valence-electron chi connectivity index (χ1n) is 4.44. The number of ether oxygens (including phenoxy) is 2. The molecule has 1 aliphatic heterocycles. The molecular formula is C10H7F3O3. The van der Waals surface area contributed by atoms with Gasteiger partial charge in [-0.05, 0) is 17.7 Å². The second-order valence-electron chi connectivity index (χ2n) is 3.27. The summed E-state index contributed by atoms with van der Waals surface area (Å²) in [7, 11) is 0. The molecule has 0 aromatic heterocycles. The van der Waals surface area contributed by atoms with Crippen molar-refractivity contribution in [1.29, 1.82) is 0 Å². The maximum absolute atomic E-state index is 12.5. The summed E-state index contributed by atoms with van der Waals surface area (Å²) in [6.45, 7) is -0.0173. The summed E-state index contributed by atoms with van der Waals surface area (Å²) < 4.78 is 47.3. The van der Waals surface area contributed by atoms with Gasteiger partial charge in [-0.25, -0.2) is 0 Å². The van der Waals surface area contributed by atoms with Gasteiger partial charge in [0.25, 0.3) is 0 Å². The van der Waals surface area contributed by atoms with E-state index in [1.165, 1.54) is 18.2 Å². The molecule has 1 aromatic carbocycles. The van der Waals surface area contributed by atoms with Crippen molar-refractivity contribution in [3.63, 3.8) is 0 Å². The van der Waals surface area contributed by atoms with Crippen LogP contribution in [-0.4, -0.2) is 19.3 Å². The number of alkyl halides is 3. The highest BCUT2D eigenvalue weighted by Gasteiger charge is 2.41. The van der Waals surface area contributed by atoms with Gasteiger partial charge in [0.1, 0.15) is 12.2 Å². The molecule has 6 heteroatoms. The van der Waals surface area contributed by atoms with Crippen molar-refractivity contribution in [2.45, 2.75) is 12.1 Å². The number of carbonyl (C=O) groups is 1. The van der Waals surface area contributed by atoms with Crippen LogP contribution in [0.5, 0.6) is 11.5 Å². The third-order valence-corrected chi connectivity index (χ3v) is 2.24. The van der Waals surface area contributed by atoms with Crippen LogP contribution < -0.4 is 9.47 Å². The predicted octanol–water partition coefficient (Wildman–Crippen LogP) is 2.26. The van der Waals surface area contributed by atoms with E-state index >= 15 is 0 Å². The van der Waals surface area contributed by atoms with E-state index in [0.717, 1.165) is 0 Å². The van der Waals surface area contributed by atoms with E-state index in [1.54, 1.807) is 0 Å². The second kappa shape index (κ2) is 3.70. The summed E-state index contributed by atoms with van der Waals surface area (Å²) in [6, 6.07) is 3.74. The van der Waals surface area contributed by atoms with Crippen LogP contribution in [0.25, 0.3) is 0 Å². The molecular weight excluding hydrogens is 225 g/mol. The van der Waals surface area contributed by atoms with Gasteiger partial charge in [0.05, 0.1) is 0 Å². The molecule has 0 N–H and O–H groups in total. The lowest BCUT2D eigenvalue weighted by molar-refractivity contribution is -0.155. The fraction of sp³-hybridized carbons (Fsp3) is 0.300. The van der Waals surface area contributed by atoms with E-state index in [9.17, 15) is 18.0 Å². The third kappa shape index (κ3) is 1.82. The molecule has 3 nitrogen and oxygen atoms in total. The Kier molecular flexibility index (Phi) is 2.49. The number of aldehydes is 1. The van der Waals surface area contributed by atoms with Crippen LogP contribution in [0, 0.1) is 0 Å². The summed E-state index contributed by atoms with van der Waals surface area (Å²) in [6.07, 6.45) is -4.72. The average Bonchev–Trinajstić information content (AvgIpc) is 2.63. The van der Waals surface area contributed by atoms with E-state index < -0.39 is 12.1 Å². The highest BCUT2D eigenvalue weighted by molar-refractivity contribution is 5.65. The Hall–Kier alpha value is -1.72. The van der Waals surface area contributed by atoms with Crippen molar-refractivity contribution < 1.29 is 27.4 Å². The van der Waals surface area contributed by atoms with Crippen LogP contribution in [0.3, 0.4) is 0 Å². The van der Waals surface area contributed by atoms with Crippen LogP contribution in [0.15, 0.2) is 18.2 Å². The van der Waals surface area contributed by atoms with Gasteiger partial charge in [-0.3, -0.25) is 0 Å². The van der Waals surface area contributed by atoms with Crippen molar-refractivity contribution in [1.82, 2.24) is 0 Å². The standard InChI is InChI=1S/C10H7F3O3/c11-10(12,13)7(4-14)6-1-2-8-9(3-6)16-5-15-8/h1-4,7H,5H2. The topological polar surface area (TPSA) is 35.5 Å². The molecule has 1 aromatic rings. The molecule has 0 saturated carbocycles. The van der Waals surface area contributed by atoms with Gasteiger partial charge in [0.15, 0.2) is 11.5 Å². The van der Waals surface area contributed by atoms with Gasteiger partial charge < -0.3 is 14.3 Å². The molecule has 1 atom stereocenters. The van der Waals surface area contributed by atoms with Crippen LogP contribution >= 0.6 is 0 Å². The minimum Gasteiger partial charge on any atom is -0.454 e. The summed E-state index contributed by atoms with van der Waals surface area (Å²) in [5.41, 5.74) is -0.147. The first kappa shape index (κ1) is 10.8. The number of hydrogen-bond donors (Lipinski definition) is 0. The highest BCUT2D eigenvalue weighted by atomic mass is 19.4. The zero-order valence-electron chi connectivity index (χ0n) is 7.95. The molecule has 1 heterocycles. The van der Waals surface area contributed by atoms with Crippen molar-refractivity contribution in [3.8, 4) is 11.5 Å². The van der Waals surface area contributed by atoms with Crippen LogP contribution in [0.4, 0.5) is 13.2 Å². The van der Waals surface area contributed by atoms with E-state index in [0.29, 0.717) is 5.75 Å². The minimum absolute atomic E-state index is 0.0173. The molecule has 1 unspecified atom stereocenters. The van der Waals surface area contributed by atoms with E-state index in [4.69, 9.17) is 9.47 Å². The third-order valence-electron chi connectivity index (χ3n) is 2.24. The molecule has 86 valence electrons. The van der Waals surface area contributed by atoms with Gasteiger partial charge >= 0.3 is 6.18 Å². The highest BCUT2D eigenvalue weighted by Crippen LogP contribution is 2.39. The lowest BCUT2D eigenvalue weighted by Gasteiger charge is -2.14. The van der Waals surface area contributed by atoms with Gasteiger partial charge in [0, 0.05) is 0 Å². The van der Waals surface area contributed by atoms with Crippen molar-refractivity contribution in [3.05, 3.63) is 23.8 Å². The largest absolute Gasteiger partial charge is 0.454 e. The van der Waals surface area contributed by atoms with Gasteiger partial charge in [0.2, 0.25) is 6.79 Å². The smallest absolute Gasteiger partial charge is 0.402 e. The fourth-order valence-corrected chi connectivity index (χ4v) is 1.45. The van der Waals surface area contributed by atoms with Crippen molar-refractivity contribution >= 4 is 6.29 Å². The summed E-state index contributed by atoms with van der Waals surface area (Å²) in [4.78, 5) is 10.5. The molecule has 1 aliphatic rings. The Bertz CT molecular complexity index is 414. The first-order chi connectivity index (χ1) is 7.52. The van der Waals surface area contributed by atoms with E-state index in [-0.39, 0.29) is 24.4 Å². The molecule has 2 rings (SSSR count). The van der Waals surface area contributed by atoms with Crippen molar-refractivity contribution in [2.24, 2.45) is 0 Å². The monoisotopic (exact) mass is 232 g/mol. The predicted molar refractivity (Wildman–Crippen MR) is 47.4 cm³/mol. The van der Waals surface area contributed by atoms with Gasteiger partial charge in [-0.2, -0.15) is 13.2 Å². The SMILES string of the molecule is O=CC(c1ccc2c(c1)OCO2)C(F)(F)F. The first-order valence-corrected chi connectivity index (χ1v) is 4.44. The number of carbonyl (C=O) groups excluding carboxylic acids is 1. The second-order valence-corrected chi connectivity index (χ2v) is 3.27. The molecule has 0 spiro atoms. The van der Waals surface area contributed by atoms with Gasteiger partial charge in [-0.1, -0.05) is 6.07 Å². The molecule has 0 saturated heterocycles. The van der Waals surface area contributed by atoms with E-state index in [2.05, 4.69) is 0 Å². The molecule has 0 radical (unpaired) electrons. The number of halogens is 3. The number of benzene rings is 1. The van der Waals surface area contributed by atoms with Crippen LogP contribution in [0.2, 0.25) is 0 Å². The lowest BCUT2D eigenvalue weighted by Crippen LogP contribution is -2.21. The zero-order valence-corrected chi connectivity index (χ0v) is 7.95. The molecule has 0 amide bonds. The summed E-state index contributed by atoms with van der Waals surface area (Å²) >= 11 is 0. The molecule has 16 heavy (non-hydrogen) atoms. The summed E-state index contributed by atoms with van der Waals surface area (Å²) in [5, 5.41) is 0. The Morgan fingerprint density at radius 1 is 1.25 bits per heavy atom. The minimum atomic E-state index is -4.59. The fourth-order valence-electron chi connectivity index (χ4n) is 1.45. The Morgan fingerprint density at radius 3 is 2.56 bits per heavy atom. The molecule has 0 aliphatic carbocycles. The van der Waals surface area contributed by atoms with Gasteiger partial charge in [-0.15, -0.1) is 0 Å². The maximum Gasteiger partial charge on any atom is 0.402 e.